The molecule has 1 aliphatic rings. The van der Waals surface area contributed by atoms with Crippen LogP contribution in [0.25, 0.3) is 0 Å². The Morgan fingerprint density at radius 3 is 2.31 bits per heavy atom. The van der Waals surface area contributed by atoms with Crippen molar-refractivity contribution in [2.75, 3.05) is 24.5 Å². The third-order valence-electron chi connectivity index (χ3n) is 6.47. The van der Waals surface area contributed by atoms with Crippen molar-refractivity contribution in [2.45, 2.75) is 44.1 Å². The molecular weight excluding hydrogens is 514 g/mol. The molecule has 1 atom stereocenters. The monoisotopic (exact) mass is 549 g/mol. The van der Waals surface area contributed by atoms with Crippen LogP contribution in [0, 0.1) is 5.92 Å². The van der Waals surface area contributed by atoms with Crippen LogP contribution in [0.2, 0.25) is 0 Å². The average molecular weight is 550 g/mol. The van der Waals surface area contributed by atoms with Crippen LogP contribution in [-0.2, 0) is 32.5 Å². The molecule has 2 amide bonds. The van der Waals surface area contributed by atoms with Gasteiger partial charge in [-0.1, -0.05) is 68.4 Å². The van der Waals surface area contributed by atoms with Gasteiger partial charge in [-0.2, -0.15) is 0 Å². The zero-order valence-electron chi connectivity index (χ0n) is 22.3. The minimum atomic E-state index is -3.57. The molecular formula is C30H35N3O5S. The van der Waals surface area contributed by atoms with Gasteiger partial charge in [-0.25, -0.2) is 13.1 Å². The number of rotatable bonds is 11. The van der Waals surface area contributed by atoms with E-state index in [9.17, 15) is 18.0 Å². The Morgan fingerprint density at radius 2 is 1.59 bits per heavy atom. The highest BCUT2D eigenvalue weighted by atomic mass is 32.2. The maximum Gasteiger partial charge on any atom is 0.262 e. The van der Waals surface area contributed by atoms with E-state index < -0.39 is 16.1 Å². The molecule has 0 fully saturated rings. The quantitative estimate of drug-likeness (QED) is 0.380. The predicted molar refractivity (Wildman–Crippen MR) is 151 cm³/mol. The molecule has 3 aromatic carbocycles. The van der Waals surface area contributed by atoms with Gasteiger partial charge in [-0.15, -0.1) is 0 Å². The highest BCUT2D eigenvalue weighted by Gasteiger charge is 2.33. The Kier molecular flexibility index (Phi) is 9.37. The van der Waals surface area contributed by atoms with E-state index in [2.05, 4.69) is 10.0 Å². The number of carbonyl (C=O) groups is 2. The van der Waals surface area contributed by atoms with Gasteiger partial charge in [0, 0.05) is 19.5 Å². The van der Waals surface area contributed by atoms with Crippen molar-refractivity contribution in [2.24, 2.45) is 5.92 Å². The Labute approximate surface area is 230 Å². The fourth-order valence-corrected chi connectivity index (χ4v) is 5.49. The molecule has 0 saturated heterocycles. The lowest BCUT2D eigenvalue weighted by Gasteiger charge is -2.34. The Bertz CT molecular complexity index is 1380. The summed E-state index contributed by atoms with van der Waals surface area (Å²) in [6.07, 6.45) is 0.523. The van der Waals surface area contributed by atoms with Gasteiger partial charge in [0.2, 0.25) is 15.9 Å². The number of para-hydroxylation sites is 2. The number of aryl methyl sites for hydroxylation is 1. The van der Waals surface area contributed by atoms with Crippen molar-refractivity contribution < 1.29 is 22.7 Å². The van der Waals surface area contributed by atoms with E-state index in [1.807, 2.05) is 56.3 Å². The number of nitrogens with one attached hydrogen (secondary N) is 2. The summed E-state index contributed by atoms with van der Waals surface area (Å²) in [7, 11) is -3.57. The normalized spacial score (nSPS) is 14.9. The van der Waals surface area contributed by atoms with Crippen LogP contribution in [0.15, 0.2) is 83.8 Å². The molecule has 39 heavy (non-hydrogen) atoms. The summed E-state index contributed by atoms with van der Waals surface area (Å²) >= 11 is 0. The van der Waals surface area contributed by atoms with Gasteiger partial charge in [0.1, 0.15) is 5.75 Å². The molecule has 1 heterocycles. The summed E-state index contributed by atoms with van der Waals surface area (Å²) in [4.78, 5) is 28.0. The van der Waals surface area contributed by atoms with E-state index in [0.717, 1.165) is 11.1 Å². The Hall–Kier alpha value is -3.69. The average Bonchev–Trinajstić information content (AvgIpc) is 2.95. The van der Waals surface area contributed by atoms with E-state index in [0.29, 0.717) is 37.4 Å². The zero-order chi connectivity index (χ0) is 27.8. The van der Waals surface area contributed by atoms with Crippen molar-refractivity contribution >= 4 is 27.5 Å². The Morgan fingerprint density at radius 1 is 0.923 bits per heavy atom. The number of ether oxygens (including phenoxy) is 1. The third kappa shape index (κ3) is 7.68. The van der Waals surface area contributed by atoms with E-state index in [4.69, 9.17) is 4.74 Å². The van der Waals surface area contributed by atoms with Gasteiger partial charge >= 0.3 is 0 Å². The van der Waals surface area contributed by atoms with Crippen LogP contribution >= 0.6 is 0 Å². The molecule has 2 N–H and O–H groups in total. The summed E-state index contributed by atoms with van der Waals surface area (Å²) in [6.45, 7) is 4.83. The SMILES string of the molecule is CC(C)CNS(=O)(=O)c1ccc(CCC(=O)N2C[C@H](C(=O)NCCc3ccccc3)Oc3ccccc32)cc1. The maximum absolute atomic E-state index is 13.3. The van der Waals surface area contributed by atoms with Crippen molar-refractivity contribution in [1.82, 2.24) is 10.0 Å². The topological polar surface area (TPSA) is 105 Å². The molecule has 1 aliphatic heterocycles. The molecule has 0 bridgehead atoms. The number of anilines is 1. The summed E-state index contributed by atoms with van der Waals surface area (Å²) in [5.74, 6) is 0.295. The molecule has 0 radical (unpaired) electrons. The second kappa shape index (κ2) is 12.9. The number of benzene rings is 3. The summed E-state index contributed by atoms with van der Waals surface area (Å²) in [6, 6.07) is 23.7. The number of hydrogen-bond acceptors (Lipinski definition) is 5. The van der Waals surface area contributed by atoms with Crippen LogP contribution in [-0.4, -0.2) is 46.0 Å². The standard InChI is InChI=1S/C30H35N3O5S/c1-22(2)20-32-39(36,37)25-15-12-24(13-16-25)14-17-29(34)33-21-28(38-27-11-7-6-10-26(27)33)30(35)31-19-18-23-8-4-3-5-9-23/h3-13,15-16,22,28,32H,14,17-21H2,1-2H3,(H,31,35)/t28-/m1/s1. The van der Waals surface area contributed by atoms with Gasteiger partial charge in [0.25, 0.3) is 5.91 Å². The molecule has 4 rings (SSSR count). The van der Waals surface area contributed by atoms with Gasteiger partial charge in [0.15, 0.2) is 6.10 Å². The van der Waals surface area contributed by atoms with E-state index >= 15 is 0 Å². The van der Waals surface area contributed by atoms with Gasteiger partial charge in [-0.3, -0.25) is 9.59 Å². The van der Waals surface area contributed by atoms with Crippen LogP contribution in [0.4, 0.5) is 5.69 Å². The van der Waals surface area contributed by atoms with Gasteiger partial charge < -0.3 is 15.0 Å². The first kappa shape index (κ1) is 28.3. The van der Waals surface area contributed by atoms with Gasteiger partial charge in [0.05, 0.1) is 17.1 Å². The predicted octanol–water partition coefficient (Wildman–Crippen LogP) is 3.71. The summed E-state index contributed by atoms with van der Waals surface area (Å²) in [5.41, 5.74) is 2.61. The van der Waals surface area contributed by atoms with E-state index in [1.165, 1.54) is 0 Å². The minimum absolute atomic E-state index is 0.117. The molecule has 0 aromatic heterocycles. The van der Waals surface area contributed by atoms with Crippen LogP contribution < -0.4 is 19.7 Å². The van der Waals surface area contributed by atoms with Crippen LogP contribution in [0.3, 0.4) is 0 Å². The second-order valence-electron chi connectivity index (χ2n) is 9.99. The fraction of sp³-hybridized carbons (Fsp3) is 0.333. The van der Waals surface area contributed by atoms with E-state index in [1.54, 1.807) is 41.3 Å². The molecule has 0 spiro atoms. The van der Waals surface area contributed by atoms with Crippen LogP contribution in [0.5, 0.6) is 5.75 Å². The first-order valence-electron chi connectivity index (χ1n) is 13.2. The highest BCUT2D eigenvalue weighted by Crippen LogP contribution is 2.33. The number of fused-ring (bicyclic) bond motifs is 1. The lowest BCUT2D eigenvalue weighted by Crippen LogP contribution is -2.51. The van der Waals surface area contributed by atoms with Crippen LogP contribution in [0.1, 0.15) is 31.4 Å². The summed E-state index contributed by atoms with van der Waals surface area (Å²) in [5, 5.41) is 2.93. The van der Waals surface area contributed by atoms with Crippen molar-refractivity contribution in [3.63, 3.8) is 0 Å². The molecule has 0 aliphatic carbocycles. The first-order chi connectivity index (χ1) is 18.7. The molecule has 0 saturated carbocycles. The van der Waals surface area contributed by atoms with Crippen molar-refractivity contribution in [3.05, 3.63) is 90.0 Å². The second-order valence-corrected chi connectivity index (χ2v) is 11.8. The smallest absolute Gasteiger partial charge is 0.262 e. The molecule has 206 valence electrons. The number of carbonyl (C=O) groups excluding carboxylic acids is 2. The minimum Gasteiger partial charge on any atom is -0.477 e. The molecule has 3 aromatic rings. The molecule has 9 heteroatoms. The third-order valence-corrected chi connectivity index (χ3v) is 7.91. The number of sulfonamides is 1. The maximum atomic E-state index is 13.3. The lowest BCUT2D eigenvalue weighted by atomic mass is 10.1. The lowest BCUT2D eigenvalue weighted by molar-refractivity contribution is -0.128. The molecule has 0 unspecified atom stereocenters. The Balaban J connectivity index is 1.36. The highest BCUT2D eigenvalue weighted by molar-refractivity contribution is 7.89. The number of hydrogen-bond donors (Lipinski definition) is 2. The number of nitrogens with zero attached hydrogens (tertiary/aromatic N) is 1. The largest absolute Gasteiger partial charge is 0.477 e. The first-order valence-corrected chi connectivity index (χ1v) is 14.7. The zero-order valence-corrected chi connectivity index (χ0v) is 23.1. The van der Waals surface area contributed by atoms with Crippen molar-refractivity contribution in [3.8, 4) is 5.75 Å². The van der Waals surface area contributed by atoms with Gasteiger partial charge in [-0.05, 0) is 54.2 Å². The fourth-order valence-electron chi connectivity index (χ4n) is 4.28. The number of amides is 2. The van der Waals surface area contributed by atoms with Crippen molar-refractivity contribution in [1.29, 1.82) is 0 Å². The molecule has 8 nitrogen and oxygen atoms in total. The van der Waals surface area contributed by atoms with E-state index in [-0.39, 0.29) is 35.6 Å². The summed E-state index contributed by atoms with van der Waals surface area (Å²) < 4.78 is 33.4.